The summed E-state index contributed by atoms with van der Waals surface area (Å²) in [6.45, 7) is -2.38. The van der Waals surface area contributed by atoms with Gasteiger partial charge in [0.1, 0.15) is 1.41 Å². The first-order valence-electron chi connectivity index (χ1n) is 9.09. The van der Waals surface area contributed by atoms with Crippen LogP contribution in [0.4, 0.5) is 0 Å². The van der Waals surface area contributed by atoms with Crippen LogP contribution in [0.15, 0.2) is 22.9 Å². The van der Waals surface area contributed by atoms with Crippen molar-refractivity contribution in [3.05, 3.63) is 33.6 Å². The molecule has 17 heavy (non-hydrogen) atoms. The Balaban J connectivity index is 2.35. The van der Waals surface area contributed by atoms with Gasteiger partial charge in [0.15, 0.2) is 1.41 Å². The summed E-state index contributed by atoms with van der Waals surface area (Å²) >= 11 is 5.91. The molecule has 1 aliphatic rings. The lowest BCUT2D eigenvalue weighted by atomic mass is 10.1. The van der Waals surface area contributed by atoms with Crippen molar-refractivity contribution in [2.24, 2.45) is 0 Å². The molecule has 2 heterocycles. The van der Waals surface area contributed by atoms with Crippen LogP contribution in [0.5, 0.6) is 0 Å². The predicted octanol–water partition coefficient (Wildman–Crippen LogP) is 1.91. The summed E-state index contributed by atoms with van der Waals surface area (Å²) in [6, 6.07) is -2.41. The zero-order valence-corrected chi connectivity index (χ0v) is 9.45. The number of piperidine rings is 1. The van der Waals surface area contributed by atoms with Crippen LogP contribution in [-0.2, 0) is 0 Å². The quantitative estimate of drug-likeness (QED) is 0.822. The molecule has 1 saturated heterocycles. The number of benzene rings is 1. The van der Waals surface area contributed by atoms with Crippen molar-refractivity contribution in [3.8, 4) is 0 Å². The van der Waals surface area contributed by atoms with Crippen LogP contribution in [0.25, 0.3) is 11.0 Å². The number of aromatic nitrogens is 2. The van der Waals surface area contributed by atoms with Crippen LogP contribution in [-0.4, -0.2) is 22.6 Å². The average Bonchev–Trinajstić information content (AvgIpc) is 2.82. The normalized spacial score (nSPS) is 36.1. The van der Waals surface area contributed by atoms with E-state index in [2.05, 4.69) is 0 Å². The Bertz CT molecular complexity index is 926. The lowest BCUT2D eigenvalue weighted by Gasteiger charge is -2.23. The molecule has 2 atom stereocenters. The van der Waals surface area contributed by atoms with Gasteiger partial charge in [0.05, 0.1) is 15.1 Å². The van der Waals surface area contributed by atoms with E-state index in [1.807, 2.05) is 0 Å². The van der Waals surface area contributed by atoms with Crippen LogP contribution in [0.3, 0.4) is 0 Å². The third-order valence-corrected chi connectivity index (χ3v) is 2.81. The van der Waals surface area contributed by atoms with Crippen LogP contribution < -0.4 is 11.0 Å². The molecule has 2 aromatic rings. The monoisotopic (exact) mass is 259 g/mol. The standard InChI is InChI=1S/C12H14ClN3O/c13-8-1-2-10-11(7-8)16(12(17)15-10)9-3-5-14-6-4-9/h1-2,7,9,14H,3-6H2,(H,15,17)/i1D,2D,3D,5D2,7D/hD2. The number of nitrogens with zero attached hydrogens (tertiary/aromatic N) is 1. The van der Waals surface area contributed by atoms with E-state index in [9.17, 15) is 4.79 Å². The minimum Gasteiger partial charge on any atom is -0.317 e. The topological polar surface area (TPSA) is 49.8 Å². The van der Waals surface area contributed by atoms with Gasteiger partial charge in [-0.25, -0.2) is 4.79 Å². The van der Waals surface area contributed by atoms with Crippen LogP contribution >= 0.6 is 11.6 Å². The second-order valence-electron chi connectivity index (χ2n) is 3.68. The molecular formula is C12H14ClN3O. The minimum absolute atomic E-state index is 0.0461. The average molecular weight is 260 g/mol. The van der Waals surface area contributed by atoms with Crippen LogP contribution in [0.1, 0.15) is 27.1 Å². The van der Waals surface area contributed by atoms with Gasteiger partial charge in [-0.3, -0.25) is 4.57 Å². The molecule has 0 aliphatic carbocycles. The van der Waals surface area contributed by atoms with Gasteiger partial charge in [0.2, 0.25) is 0 Å². The highest BCUT2D eigenvalue weighted by Crippen LogP contribution is 2.23. The molecule has 0 bridgehead atoms. The highest BCUT2D eigenvalue weighted by molar-refractivity contribution is 6.31. The Morgan fingerprint density at radius 1 is 1.65 bits per heavy atom. The fraction of sp³-hybridized carbons (Fsp3) is 0.417. The zero-order chi connectivity index (χ0) is 18.8. The molecule has 90 valence electrons. The van der Waals surface area contributed by atoms with Gasteiger partial charge in [-0.05, 0) is 44.0 Å². The van der Waals surface area contributed by atoms with E-state index in [4.69, 9.17) is 22.6 Å². The molecule has 4 nitrogen and oxygen atoms in total. The summed E-state index contributed by atoms with van der Waals surface area (Å²) in [5.41, 5.74) is -1.37. The molecule has 1 aromatic carbocycles. The van der Waals surface area contributed by atoms with E-state index in [0.29, 0.717) is 10.3 Å². The van der Waals surface area contributed by atoms with Crippen molar-refractivity contribution < 1.29 is 11.0 Å². The minimum atomic E-state index is -2.33. The Morgan fingerprint density at radius 2 is 2.53 bits per heavy atom. The summed E-state index contributed by atoms with van der Waals surface area (Å²) < 4.78 is 64.2. The van der Waals surface area contributed by atoms with Gasteiger partial charge in [0.25, 0.3) is 0 Å². The molecule has 3 rings (SSSR count). The molecule has 5 heteroatoms. The summed E-state index contributed by atoms with van der Waals surface area (Å²) in [7, 11) is 0. The first kappa shape index (κ1) is 5.16. The molecule has 0 amide bonds. The van der Waals surface area contributed by atoms with Crippen molar-refractivity contribution in [1.82, 2.24) is 14.9 Å². The van der Waals surface area contributed by atoms with E-state index in [0.717, 1.165) is 4.57 Å². The summed E-state index contributed by atoms with van der Waals surface area (Å²) in [5.74, 6) is 0. The Labute approximate surface area is 115 Å². The fourth-order valence-electron chi connectivity index (χ4n) is 1.86. The maximum Gasteiger partial charge on any atom is 0.326 e. The van der Waals surface area contributed by atoms with Crippen molar-refractivity contribution in [1.29, 1.82) is 0 Å². The number of hydrogen-bond donors (Lipinski definition) is 2. The molecule has 1 aliphatic heterocycles. The molecule has 1 fully saturated rings. The van der Waals surface area contributed by atoms with E-state index in [1.54, 1.807) is 0 Å². The van der Waals surface area contributed by atoms with Gasteiger partial charge < -0.3 is 10.3 Å². The number of halogens is 1. The summed E-state index contributed by atoms with van der Waals surface area (Å²) in [6.07, 6.45) is -1.44. The Hall–Kier alpha value is -1.26. The van der Waals surface area contributed by atoms with E-state index < -0.39 is 42.8 Å². The largest absolute Gasteiger partial charge is 0.326 e. The van der Waals surface area contributed by atoms with Gasteiger partial charge in [-0.1, -0.05) is 11.6 Å². The van der Waals surface area contributed by atoms with Gasteiger partial charge >= 0.3 is 5.69 Å². The van der Waals surface area contributed by atoms with E-state index in [1.165, 1.54) is 0 Å². The van der Waals surface area contributed by atoms with Crippen molar-refractivity contribution >= 4 is 22.6 Å². The number of aromatic amines is 1. The second kappa shape index (κ2) is 4.20. The number of hydrogen-bond acceptors (Lipinski definition) is 2. The van der Waals surface area contributed by atoms with Crippen molar-refractivity contribution in [2.45, 2.75) is 18.9 Å². The lowest BCUT2D eigenvalue weighted by Crippen LogP contribution is -2.33. The molecule has 0 spiro atoms. The van der Waals surface area contributed by atoms with Crippen LogP contribution in [0.2, 0.25) is 7.85 Å². The molecule has 0 saturated carbocycles. The lowest BCUT2D eigenvalue weighted by molar-refractivity contribution is 0.368. The number of H-pyrrole nitrogens is 1. The second-order valence-corrected chi connectivity index (χ2v) is 4.06. The third-order valence-electron chi connectivity index (χ3n) is 2.62. The summed E-state index contributed by atoms with van der Waals surface area (Å²) in [5, 5.41) is 0.290. The number of rotatable bonds is 1. The van der Waals surface area contributed by atoms with E-state index >= 15 is 0 Å². The molecule has 0 radical (unpaired) electrons. The molecule has 2 N–H and O–H groups in total. The van der Waals surface area contributed by atoms with Gasteiger partial charge in [-0.2, -0.15) is 0 Å². The predicted molar refractivity (Wildman–Crippen MR) is 68.7 cm³/mol. The Kier molecular flexibility index (Phi) is 1.28. The van der Waals surface area contributed by atoms with Crippen molar-refractivity contribution in [3.63, 3.8) is 0 Å². The molecule has 1 aromatic heterocycles. The zero-order valence-electron chi connectivity index (χ0n) is 16.7. The van der Waals surface area contributed by atoms with Crippen molar-refractivity contribution in [2.75, 3.05) is 13.0 Å². The first-order valence-corrected chi connectivity index (χ1v) is 5.49. The SMILES string of the molecule is [2H]c1c(Cl)c([2H])c2c(c1[2H])n([2H])c(=O)n2C1CCN([2H])C([2H])([2H])C1[2H]. The first-order chi connectivity index (χ1) is 11.5. The smallest absolute Gasteiger partial charge is 0.317 e. The third kappa shape index (κ3) is 1.87. The number of fused-ring (bicyclic) bond motifs is 1. The number of nitrogens with one attached hydrogen (secondary N) is 2. The fourth-order valence-corrected chi connectivity index (χ4v) is 2.00. The highest BCUT2D eigenvalue weighted by atomic mass is 35.5. The molecule has 2 unspecified atom stereocenters. The highest BCUT2D eigenvalue weighted by Gasteiger charge is 2.19. The van der Waals surface area contributed by atoms with Gasteiger partial charge in [0, 0.05) is 15.2 Å². The Morgan fingerprint density at radius 3 is 3.41 bits per heavy atom. The van der Waals surface area contributed by atoms with Crippen LogP contribution in [0, 0.1) is 0 Å². The maximum atomic E-state index is 12.6. The van der Waals surface area contributed by atoms with Gasteiger partial charge in [-0.15, -0.1) is 0 Å². The van der Waals surface area contributed by atoms with E-state index in [-0.39, 0.29) is 29.0 Å². The molecular weight excluding hydrogens is 238 g/mol. The number of imidazole rings is 1. The maximum absolute atomic E-state index is 12.6. The summed E-state index contributed by atoms with van der Waals surface area (Å²) in [4.78, 5) is 12.9.